The molecular weight excluding hydrogens is 284 g/mol. The van der Waals surface area contributed by atoms with Gasteiger partial charge in [0.05, 0.1) is 6.29 Å². The molecule has 1 aromatic heterocycles. The zero-order chi connectivity index (χ0) is 15.3. The summed E-state index contributed by atoms with van der Waals surface area (Å²) in [6.45, 7) is 3.65. The van der Waals surface area contributed by atoms with E-state index in [1.54, 1.807) is 13.8 Å². The van der Waals surface area contributed by atoms with Gasteiger partial charge in [0.25, 0.3) is 0 Å². The lowest BCUT2D eigenvalue weighted by Gasteiger charge is -2.11. The Balaban J connectivity index is 3.20. The SMILES string of the molecule is CCn1c(=O)n(CC)c(=O)n(CPNC(=O)BN)c1=O. The summed E-state index contributed by atoms with van der Waals surface area (Å²) in [5.41, 5.74) is 3.19. The van der Waals surface area contributed by atoms with E-state index >= 15 is 0 Å². The number of carbonyl (C=O) groups excluding carboxylic acids is 1. The van der Waals surface area contributed by atoms with Gasteiger partial charge in [-0.2, -0.15) is 0 Å². The van der Waals surface area contributed by atoms with Crippen molar-refractivity contribution in [1.29, 1.82) is 0 Å². The second kappa shape index (κ2) is 7.21. The van der Waals surface area contributed by atoms with Gasteiger partial charge in [0, 0.05) is 13.1 Å². The monoisotopic (exact) mass is 301 g/mol. The van der Waals surface area contributed by atoms with Gasteiger partial charge in [-0.1, -0.05) is 0 Å². The summed E-state index contributed by atoms with van der Waals surface area (Å²) in [5.74, 6) is -0.365. The highest BCUT2D eigenvalue weighted by molar-refractivity contribution is 7.36. The molecule has 0 aliphatic carbocycles. The summed E-state index contributed by atoms with van der Waals surface area (Å²) in [6, 6.07) is 0. The quantitative estimate of drug-likeness (QED) is 0.455. The van der Waals surface area contributed by atoms with Gasteiger partial charge >= 0.3 is 24.5 Å². The minimum absolute atomic E-state index is 0.0175. The van der Waals surface area contributed by atoms with Crippen LogP contribution in [0.4, 0.5) is 4.79 Å². The first-order chi connectivity index (χ1) is 9.47. The number of rotatable bonds is 6. The average Bonchev–Trinajstić information content (AvgIpc) is 2.43. The van der Waals surface area contributed by atoms with Crippen LogP contribution < -0.4 is 27.8 Å². The van der Waals surface area contributed by atoms with Crippen LogP contribution in [-0.4, -0.2) is 26.9 Å². The molecule has 11 heteroatoms. The molecule has 1 amide bonds. The first-order valence-corrected chi connectivity index (χ1v) is 7.34. The molecule has 1 atom stereocenters. The Hall–Kier alpha value is -1.67. The van der Waals surface area contributed by atoms with Crippen molar-refractivity contribution in [2.45, 2.75) is 33.2 Å². The van der Waals surface area contributed by atoms with Gasteiger partial charge in [-0.3, -0.25) is 4.79 Å². The molecule has 1 heterocycles. The molecule has 0 aliphatic heterocycles. The number of hydrogen-bond acceptors (Lipinski definition) is 5. The number of aromatic nitrogens is 3. The second-order valence-electron chi connectivity index (χ2n) is 3.85. The summed E-state index contributed by atoms with van der Waals surface area (Å²) in [4.78, 5) is 47.0. The normalized spacial score (nSPS) is 10.9. The van der Waals surface area contributed by atoms with E-state index in [2.05, 4.69) is 5.09 Å². The predicted molar refractivity (Wildman–Crippen MR) is 78.8 cm³/mol. The molecule has 0 saturated carbocycles. The molecule has 0 spiro atoms. The van der Waals surface area contributed by atoms with Crippen molar-refractivity contribution in [2.24, 2.45) is 5.64 Å². The molecule has 0 saturated heterocycles. The van der Waals surface area contributed by atoms with E-state index in [9.17, 15) is 19.2 Å². The van der Waals surface area contributed by atoms with Gasteiger partial charge in [0.1, 0.15) is 0 Å². The van der Waals surface area contributed by atoms with E-state index in [0.29, 0.717) is 0 Å². The van der Waals surface area contributed by atoms with Gasteiger partial charge in [0.2, 0.25) is 0 Å². The number of amides is 1. The van der Waals surface area contributed by atoms with Gasteiger partial charge in [-0.05, 0) is 22.6 Å². The molecule has 0 aliphatic rings. The van der Waals surface area contributed by atoms with E-state index in [0.717, 1.165) is 13.7 Å². The van der Waals surface area contributed by atoms with Crippen molar-refractivity contribution in [3.8, 4) is 0 Å². The predicted octanol–water partition coefficient (Wildman–Crippen LogP) is -2.22. The maximum Gasteiger partial charge on any atom is 0.336 e. The topological polar surface area (TPSA) is 121 Å². The Morgan fingerprint density at radius 1 is 1.10 bits per heavy atom. The van der Waals surface area contributed by atoms with Crippen molar-refractivity contribution in [2.75, 3.05) is 0 Å². The smallest absolute Gasteiger partial charge is 0.336 e. The molecule has 0 radical (unpaired) electrons. The number of nitrogens with one attached hydrogen (secondary N) is 1. The zero-order valence-electron chi connectivity index (χ0n) is 11.4. The molecular formula is C9H17BN5O4P. The highest BCUT2D eigenvalue weighted by atomic mass is 31.1. The fraction of sp³-hybridized carbons (Fsp3) is 0.556. The van der Waals surface area contributed by atoms with Crippen LogP contribution >= 0.6 is 8.73 Å². The number of carbonyl (C=O) groups is 1. The molecule has 0 bridgehead atoms. The molecule has 1 aromatic rings. The molecule has 0 aromatic carbocycles. The van der Waals surface area contributed by atoms with Crippen molar-refractivity contribution in [1.82, 2.24) is 18.8 Å². The fourth-order valence-corrected chi connectivity index (χ4v) is 2.43. The van der Waals surface area contributed by atoms with Crippen molar-refractivity contribution < 1.29 is 4.79 Å². The van der Waals surface area contributed by atoms with E-state index in [4.69, 9.17) is 5.64 Å². The standard InChI is InChI=1S/C9H17BN5O4P/c1-3-13-7(17)14(4-2)9(19)15(8(13)18)5-20-12-6(16)10-11/h10,20H,3-5,11H2,1-2H3,(H,12,16). The first kappa shape index (κ1) is 16.4. The first-order valence-electron chi connectivity index (χ1n) is 6.14. The van der Waals surface area contributed by atoms with Crippen LogP contribution in [0, 0.1) is 0 Å². The summed E-state index contributed by atoms with van der Waals surface area (Å²) >= 11 is 0. The van der Waals surface area contributed by atoms with Gasteiger partial charge in [0.15, 0.2) is 5.81 Å². The lowest BCUT2D eigenvalue weighted by Crippen LogP contribution is -2.54. The highest BCUT2D eigenvalue weighted by Crippen LogP contribution is 2.03. The second-order valence-corrected chi connectivity index (χ2v) is 4.77. The Kier molecular flexibility index (Phi) is 5.91. The van der Waals surface area contributed by atoms with Crippen LogP contribution in [0.1, 0.15) is 13.8 Å². The van der Waals surface area contributed by atoms with Crippen LogP contribution in [0.2, 0.25) is 0 Å². The van der Waals surface area contributed by atoms with Crippen LogP contribution in [0.25, 0.3) is 0 Å². The number of nitrogens with zero attached hydrogens (tertiary/aromatic N) is 3. The maximum absolute atomic E-state index is 12.0. The van der Waals surface area contributed by atoms with Crippen LogP contribution in [0.3, 0.4) is 0 Å². The molecule has 3 N–H and O–H groups in total. The van der Waals surface area contributed by atoms with E-state index in [1.165, 1.54) is 0 Å². The minimum atomic E-state index is -0.665. The molecule has 1 unspecified atom stereocenters. The fourth-order valence-electron chi connectivity index (χ4n) is 1.63. The number of nitrogens with two attached hydrogens (primary N) is 1. The summed E-state index contributed by atoms with van der Waals surface area (Å²) < 4.78 is 2.92. The highest BCUT2D eigenvalue weighted by Gasteiger charge is 2.13. The summed E-state index contributed by atoms with van der Waals surface area (Å²) in [7, 11) is -0.321. The van der Waals surface area contributed by atoms with Crippen molar-refractivity contribution in [3.05, 3.63) is 31.5 Å². The summed E-state index contributed by atoms with van der Waals surface area (Å²) in [5, 5.41) is 2.49. The third-order valence-corrected chi connectivity index (χ3v) is 3.60. The molecule has 110 valence electrons. The lowest BCUT2D eigenvalue weighted by atomic mass is 9.98. The lowest BCUT2D eigenvalue weighted by molar-refractivity contribution is 0.263. The summed E-state index contributed by atoms with van der Waals surface area (Å²) in [6.07, 6.45) is 0.0175. The van der Waals surface area contributed by atoms with Gasteiger partial charge in [-0.25, -0.2) is 28.1 Å². The zero-order valence-corrected chi connectivity index (χ0v) is 12.4. The molecule has 20 heavy (non-hydrogen) atoms. The number of hydrogen-bond donors (Lipinski definition) is 2. The Bertz CT molecular complexity index is 622. The Morgan fingerprint density at radius 2 is 1.55 bits per heavy atom. The van der Waals surface area contributed by atoms with Gasteiger partial charge in [-0.15, -0.1) is 0 Å². The third-order valence-electron chi connectivity index (χ3n) is 2.67. The molecule has 1 rings (SSSR count). The molecule has 9 nitrogen and oxygen atoms in total. The average molecular weight is 301 g/mol. The van der Waals surface area contributed by atoms with E-state index in [1.807, 2.05) is 0 Å². The van der Waals surface area contributed by atoms with Crippen LogP contribution in [-0.2, 0) is 19.4 Å². The minimum Gasteiger partial charge on any atom is -0.365 e. The van der Waals surface area contributed by atoms with Crippen LogP contribution in [0.15, 0.2) is 14.4 Å². The Labute approximate surface area is 116 Å². The van der Waals surface area contributed by atoms with Crippen molar-refractivity contribution in [3.63, 3.8) is 0 Å². The largest absolute Gasteiger partial charge is 0.365 e. The van der Waals surface area contributed by atoms with E-state index < -0.39 is 17.1 Å². The van der Waals surface area contributed by atoms with E-state index in [-0.39, 0.29) is 41.3 Å². The molecule has 0 fully saturated rings. The third kappa shape index (κ3) is 3.26. The van der Waals surface area contributed by atoms with Crippen molar-refractivity contribution >= 4 is 22.0 Å². The Morgan fingerprint density at radius 3 is 1.95 bits per heavy atom. The van der Waals surface area contributed by atoms with Gasteiger partial charge < -0.3 is 10.7 Å². The van der Waals surface area contributed by atoms with Crippen LogP contribution in [0.5, 0.6) is 0 Å². The maximum atomic E-state index is 12.0.